The Morgan fingerprint density at radius 1 is 1.14 bits per heavy atom. The molecule has 3 aliphatic rings. The predicted octanol–water partition coefficient (Wildman–Crippen LogP) is 3.78. The lowest BCUT2D eigenvalue weighted by Crippen LogP contribution is -2.41. The van der Waals surface area contributed by atoms with E-state index in [-0.39, 0.29) is 0 Å². The number of rotatable bonds is 6. The van der Waals surface area contributed by atoms with Crippen LogP contribution in [0.1, 0.15) is 51.0 Å². The number of hydrogen-bond acceptors (Lipinski definition) is 2. The van der Waals surface area contributed by atoms with Crippen LogP contribution in [0.15, 0.2) is 35.3 Å². The number of hydrogen-bond donors (Lipinski definition) is 1. The molecular formula is C24H38N4. The SMILES string of the molecule is CCNC(=NCC1CCN(CCc2ccccc2)C1)N1CCC2(CCCC2)C1. The molecule has 2 saturated heterocycles. The van der Waals surface area contributed by atoms with Gasteiger partial charge in [-0.3, -0.25) is 4.99 Å². The summed E-state index contributed by atoms with van der Waals surface area (Å²) in [6.45, 7) is 10.2. The molecule has 4 heteroatoms. The first-order chi connectivity index (χ1) is 13.8. The molecular weight excluding hydrogens is 344 g/mol. The van der Waals surface area contributed by atoms with Gasteiger partial charge in [-0.15, -0.1) is 0 Å². The maximum atomic E-state index is 5.09. The third kappa shape index (κ3) is 4.89. The van der Waals surface area contributed by atoms with Crippen molar-refractivity contribution in [2.24, 2.45) is 16.3 Å². The fraction of sp³-hybridized carbons (Fsp3) is 0.708. The molecule has 1 aromatic rings. The van der Waals surface area contributed by atoms with E-state index in [1.54, 1.807) is 0 Å². The van der Waals surface area contributed by atoms with E-state index in [9.17, 15) is 0 Å². The second-order valence-corrected chi connectivity index (χ2v) is 9.26. The molecule has 2 heterocycles. The molecule has 0 aromatic heterocycles. The van der Waals surface area contributed by atoms with Gasteiger partial charge in [0.2, 0.25) is 0 Å². The Hall–Kier alpha value is -1.55. The Morgan fingerprint density at radius 2 is 1.96 bits per heavy atom. The largest absolute Gasteiger partial charge is 0.357 e. The lowest BCUT2D eigenvalue weighted by Gasteiger charge is -2.26. The third-order valence-corrected chi connectivity index (χ3v) is 7.17. The fourth-order valence-corrected chi connectivity index (χ4v) is 5.49. The molecule has 28 heavy (non-hydrogen) atoms. The number of likely N-dealkylation sites (tertiary alicyclic amines) is 2. The molecule has 0 bridgehead atoms. The monoisotopic (exact) mass is 382 g/mol. The average molecular weight is 383 g/mol. The van der Waals surface area contributed by atoms with E-state index in [0.29, 0.717) is 11.3 Å². The normalized spacial score (nSPS) is 25.1. The molecule has 1 aliphatic carbocycles. The summed E-state index contributed by atoms with van der Waals surface area (Å²) in [6, 6.07) is 10.9. The quantitative estimate of drug-likeness (QED) is 0.600. The third-order valence-electron chi connectivity index (χ3n) is 7.17. The Morgan fingerprint density at radius 3 is 2.75 bits per heavy atom. The van der Waals surface area contributed by atoms with Crippen molar-refractivity contribution in [2.75, 3.05) is 45.8 Å². The van der Waals surface area contributed by atoms with E-state index in [0.717, 1.165) is 19.5 Å². The zero-order chi connectivity index (χ0) is 19.2. The van der Waals surface area contributed by atoms with E-state index >= 15 is 0 Å². The molecule has 2 aliphatic heterocycles. The van der Waals surface area contributed by atoms with Crippen LogP contribution >= 0.6 is 0 Å². The van der Waals surface area contributed by atoms with Gasteiger partial charge in [0.25, 0.3) is 0 Å². The Balaban J connectivity index is 1.26. The molecule has 4 nitrogen and oxygen atoms in total. The van der Waals surface area contributed by atoms with Gasteiger partial charge in [-0.1, -0.05) is 43.2 Å². The van der Waals surface area contributed by atoms with Crippen molar-refractivity contribution in [1.29, 1.82) is 0 Å². The first-order valence-corrected chi connectivity index (χ1v) is 11.6. The van der Waals surface area contributed by atoms with E-state index in [2.05, 4.69) is 52.4 Å². The van der Waals surface area contributed by atoms with Gasteiger partial charge in [-0.25, -0.2) is 0 Å². The number of benzene rings is 1. The Kier molecular flexibility index (Phi) is 6.56. The predicted molar refractivity (Wildman–Crippen MR) is 118 cm³/mol. The highest BCUT2D eigenvalue weighted by molar-refractivity contribution is 5.80. The van der Waals surface area contributed by atoms with Crippen LogP contribution < -0.4 is 5.32 Å². The van der Waals surface area contributed by atoms with Crippen LogP contribution in [0.2, 0.25) is 0 Å². The van der Waals surface area contributed by atoms with Gasteiger partial charge in [0.1, 0.15) is 0 Å². The summed E-state index contributed by atoms with van der Waals surface area (Å²) >= 11 is 0. The van der Waals surface area contributed by atoms with Crippen molar-refractivity contribution < 1.29 is 0 Å². The average Bonchev–Trinajstić information content (AvgIpc) is 3.47. The van der Waals surface area contributed by atoms with Gasteiger partial charge >= 0.3 is 0 Å². The maximum absolute atomic E-state index is 5.09. The van der Waals surface area contributed by atoms with E-state index in [1.807, 2.05) is 0 Å². The molecule has 1 atom stereocenters. The highest BCUT2D eigenvalue weighted by atomic mass is 15.3. The van der Waals surface area contributed by atoms with Gasteiger partial charge < -0.3 is 15.1 Å². The molecule has 1 saturated carbocycles. The van der Waals surface area contributed by atoms with Gasteiger partial charge in [0, 0.05) is 39.3 Å². The summed E-state index contributed by atoms with van der Waals surface area (Å²) in [5.41, 5.74) is 2.06. The van der Waals surface area contributed by atoms with Crippen LogP contribution in [-0.2, 0) is 6.42 Å². The number of nitrogens with one attached hydrogen (secondary N) is 1. The number of aliphatic imine (C=N–C) groups is 1. The molecule has 1 aromatic carbocycles. The van der Waals surface area contributed by atoms with Crippen molar-refractivity contribution in [1.82, 2.24) is 15.1 Å². The highest BCUT2D eigenvalue weighted by Crippen LogP contribution is 2.45. The first kappa shape index (κ1) is 19.8. The van der Waals surface area contributed by atoms with Gasteiger partial charge in [0.05, 0.1) is 0 Å². The molecule has 154 valence electrons. The second-order valence-electron chi connectivity index (χ2n) is 9.26. The van der Waals surface area contributed by atoms with Crippen LogP contribution in [0.25, 0.3) is 0 Å². The molecule has 1 unspecified atom stereocenters. The minimum Gasteiger partial charge on any atom is -0.357 e. The van der Waals surface area contributed by atoms with Crippen molar-refractivity contribution in [3.8, 4) is 0 Å². The first-order valence-electron chi connectivity index (χ1n) is 11.6. The standard InChI is InChI=1S/C24H38N4/c1-2-25-23(28-17-14-24(20-28)12-6-7-13-24)26-18-22-11-16-27(19-22)15-10-21-8-4-3-5-9-21/h3-5,8-9,22H,2,6-7,10-20H2,1H3,(H,25,26). The zero-order valence-electron chi connectivity index (χ0n) is 17.7. The molecule has 1 spiro atoms. The van der Waals surface area contributed by atoms with Crippen LogP contribution in [0.5, 0.6) is 0 Å². The Labute approximate surface area is 171 Å². The van der Waals surface area contributed by atoms with Crippen LogP contribution in [0.4, 0.5) is 0 Å². The van der Waals surface area contributed by atoms with E-state index in [4.69, 9.17) is 4.99 Å². The molecule has 0 radical (unpaired) electrons. The molecule has 4 rings (SSSR count). The van der Waals surface area contributed by atoms with Gasteiger partial charge in [-0.2, -0.15) is 0 Å². The summed E-state index contributed by atoms with van der Waals surface area (Å²) in [7, 11) is 0. The van der Waals surface area contributed by atoms with Crippen molar-refractivity contribution in [3.63, 3.8) is 0 Å². The zero-order valence-corrected chi connectivity index (χ0v) is 17.7. The summed E-state index contributed by atoms with van der Waals surface area (Å²) in [5, 5.41) is 3.58. The van der Waals surface area contributed by atoms with Crippen molar-refractivity contribution in [3.05, 3.63) is 35.9 Å². The van der Waals surface area contributed by atoms with Crippen LogP contribution in [-0.4, -0.2) is 61.6 Å². The summed E-state index contributed by atoms with van der Waals surface area (Å²) in [5.74, 6) is 1.89. The Bertz CT molecular complexity index is 635. The second kappa shape index (κ2) is 9.30. The topological polar surface area (TPSA) is 30.9 Å². The van der Waals surface area contributed by atoms with Crippen LogP contribution in [0.3, 0.4) is 0 Å². The minimum atomic E-state index is 0.609. The summed E-state index contributed by atoms with van der Waals surface area (Å²) < 4.78 is 0. The lowest BCUT2D eigenvalue weighted by atomic mass is 9.86. The molecule has 1 N–H and O–H groups in total. The highest BCUT2D eigenvalue weighted by Gasteiger charge is 2.41. The minimum absolute atomic E-state index is 0.609. The summed E-state index contributed by atoms with van der Waals surface area (Å²) in [4.78, 5) is 10.3. The van der Waals surface area contributed by atoms with Crippen molar-refractivity contribution in [2.45, 2.75) is 51.9 Å². The smallest absolute Gasteiger partial charge is 0.193 e. The van der Waals surface area contributed by atoms with Crippen LogP contribution in [0, 0.1) is 11.3 Å². The fourth-order valence-electron chi connectivity index (χ4n) is 5.49. The number of nitrogens with zero attached hydrogens (tertiary/aromatic N) is 3. The lowest BCUT2D eigenvalue weighted by molar-refractivity contribution is 0.308. The molecule has 0 amide bonds. The van der Waals surface area contributed by atoms with Gasteiger partial charge in [-0.05, 0) is 62.5 Å². The molecule has 3 fully saturated rings. The van der Waals surface area contributed by atoms with E-state index < -0.39 is 0 Å². The van der Waals surface area contributed by atoms with Gasteiger partial charge in [0.15, 0.2) is 5.96 Å². The van der Waals surface area contributed by atoms with E-state index in [1.165, 1.54) is 82.8 Å². The van der Waals surface area contributed by atoms with Crippen molar-refractivity contribution >= 4 is 5.96 Å². The maximum Gasteiger partial charge on any atom is 0.193 e. The number of guanidine groups is 1. The summed E-state index contributed by atoms with van der Waals surface area (Å²) in [6.07, 6.45) is 9.56.